The summed E-state index contributed by atoms with van der Waals surface area (Å²) in [6.07, 6.45) is 3.36. The van der Waals surface area contributed by atoms with Gasteiger partial charge in [-0.05, 0) is 46.3 Å². The average molecular weight is 450 g/mol. The Morgan fingerprint density at radius 2 is 1.73 bits per heavy atom. The molecule has 0 saturated carbocycles. The first-order valence-electron chi connectivity index (χ1n) is 10.5. The molecule has 0 aliphatic carbocycles. The maximum absolute atomic E-state index is 13.7. The van der Waals surface area contributed by atoms with E-state index in [9.17, 15) is 20.1 Å². The lowest BCUT2D eigenvalue weighted by Crippen LogP contribution is -2.22. The van der Waals surface area contributed by atoms with Gasteiger partial charge < -0.3 is 29.2 Å². The van der Waals surface area contributed by atoms with E-state index in [-0.39, 0.29) is 45.3 Å². The molecule has 2 heterocycles. The molecule has 172 valence electrons. The van der Waals surface area contributed by atoms with Crippen LogP contribution in [0.1, 0.15) is 44.9 Å². The van der Waals surface area contributed by atoms with Crippen molar-refractivity contribution in [1.29, 1.82) is 0 Å². The van der Waals surface area contributed by atoms with Gasteiger partial charge in [0.2, 0.25) is 5.43 Å². The monoisotopic (exact) mass is 450 g/mol. The van der Waals surface area contributed by atoms with E-state index in [1.165, 1.54) is 25.3 Å². The lowest BCUT2D eigenvalue weighted by atomic mass is 9.94. The van der Waals surface area contributed by atoms with Gasteiger partial charge in [0.1, 0.15) is 40.1 Å². The average Bonchev–Trinajstić information content (AvgIpc) is 2.73. The molecular weight excluding hydrogens is 424 g/mol. The molecule has 1 aromatic heterocycles. The van der Waals surface area contributed by atoms with Gasteiger partial charge in [-0.2, -0.15) is 0 Å². The van der Waals surface area contributed by atoms with Crippen molar-refractivity contribution in [2.45, 2.75) is 40.2 Å². The predicted octanol–water partition coefficient (Wildman–Crippen LogP) is 5.49. The van der Waals surface area contributed by atoms with Crippen molar-refractivity contribution in [1.82, 2.24) is 0 Å². The minimum Gasteiger partial charge on any atom is -0.507 e. The second kappa shape index (κ2) is 8.24. The smallest absolute Gasteiger partial charge is 0.204 e. The van der Waals surface area contributed by atoms with Crippen LogP contribution in [0.5, 0.6) is 28.7 Å². The van der Waals surface area contributed by atoms with Crippen LogP contribution in [0.4, 0.5) is 0 Å². The number of aromatic hydroxyl groups is 3. The van der Waals surface area contributed by atoms with E-state index in [4.69, 9.17) is 13.9 Å². The van der Waals surface area contributed by atoms with E-state index in [0.29, 0.717) is 23.3 Å². The maximum atomic E-state index is 13.7. The highest BCUT2D eigenvalue weighted by Gasteiger charge is 2.33. The molecule has 7 nitrogen and oxygen atoms in total. The Balaban J connectivity index is 2.16. The minimum atomic E-state index is -0.801. The molecule has 1 aliphatic rings. The Hall–Kier alpha value is -3.87. The molecule has 0 fully saturated rings. The fourth-order valence-corrected chi connectivity index (χ4v) is 3.98. The molecule has 0 radical (unpaired) electrons. The maximum Gasteiger partial charge on any atom is 0.204 e. The number of fused-ring (bicyclic) bond motifs is 4. The molecule has 2 aromatic carbocycles. The van der Waals surface area contributed by atoms with Crippen LogP contribution in [-0.4, -0.2) is 22.4 Å². The zero-order valence-electron chi connectivity index (χ0n) is 19.1. The Morgan fingerprint density at radius 3 is 2.36 bits per heavy atom. The molecular formula is C26H26O7. The number of hydrogen-bond acceptors (Lipinski definition) is 7. The molecule has 0 amide bonds. The first-order chi connectivity index (χ1) is 15.6. The minimum absolute atomic E-state index is 0.0360. The summed E-state index contributed by atoms with van der Waals surface area (Å²) < 4.78 is 17.8. The van der Waals surface area contributed by atoms with Crippen molar-refractivity contribution >= 4 is 11.0 Å². The van der Waals surface area contributed by atoms with Crippen molar-refractivity contribution in [3.05, 3.63) is 62.8 Å². The number of hydrogen-bond donors (Lipinski definition) is 3. The molecule has 0 unspecified atom stereocenters. The molecule has 1 atom stereocenters. The van der Waals surface area contributed by atoms with Gasteiger partial charge in [0.05, 0.1) is 18.2 Å². The van der Waals surface area contributed by atoms with Gasteiger partial charge in [0.25, 0.3) is 0 Å². The molecule has 0 saturated heterocycles. The van der Waals surface area contributed by atoms with Crippen molar-refractivity contribution in [3.63, 3.8) is 0 Å². The highest BCUT2D eigenvalue weighted by molar-refractivity contribution is 5.91. The Morgan fingerprint density at radius 1 is 1.03 bits per heavy atom. The van der Waals surface area contributed by atoms with E-state index in [2.05, 4.69) is 0 Å². The van der Waals surface area contributed by atoms with Gasteiger partial charge in [-0.3, -0.25) is 4.79 Å². The lowest BCUT2D eigenvalue weighted by Gasteiger charge is -2.27. The van der Waals surface area contributed by atoms with Gasteiger partial charge >= 0.3 is 0 Å². The third-order valence-corrected chi connectivity index (χ3v) is 5.52. The summed E-state index contributed by atoms with van der Waals surface area (Å²) in [7, 11) is 1.48. The van der Waals surface area contributed by atoms with Gasteiger partial charge in [0, 0.05) is 17.7 Å². The predicted molar refractivity (Wildman–Crippen MR) is 125 cm³/mol. The van der Waals surface area contributed by atoms with Crippen LogP contribution in [0.3, 0.4) is 0 Å². The van der Waals surface area contributed by atoms with Crippen LogP contribution in [0, 0.1) is 0 Å². The molecule has 0 spiro atoms. The molecule has 4 rings (SSSR count). The summed E-state index contributed by atoms with van der Waals surface area (Å²) >= 11 is 0. The van der Waals surface area contributed by atoms with Crippen LogP contribution in [0.15, 0.2) is 50.7 Å². The summed E-state index contributed by atoms with van der Waals surface area (Å²) in [5, 5.41) is 30.9. The fourth-order valence-electron chi connectivity index (χ4n) is 3.98. The SMILES string of the molecule is COc1cc(O)c2c(=O)c3c(oc2c1CC=C(C)C)-c1cc(O)c(O)cc1O[C@@H]3C=C(C)C. The number of benzene rings is 2. The van der Waals surface area contributed by atoms with Crippen LogP contribution in [0.25, 0.3) is 22.3 Å². The van der Waals surface area contributed by atoms with Crippen LogP contribution in [0.2, 0.25) is 0 Å². The van der Waals surface area contributed by atoms with Crippen molar-refractivity contribution in [3.8, 4) is 40.1 Å². The van der Waals surface area contributed by atoms with Crippen molar-refractivity contribution < 1.29 is 29.2 Å². The zero-order chi connectivity index (χ0) is 24.0. The van der Waals surface area contributed by atoms with E-state index in [0.717, 1.165) is 11.1 Å². The highest BCUT2D eigenvalue weighted by Crippen LogP contribution is 2.48. The molecule has 3 N–H and O–H groups in total. The summed E-state index contributed by atoms with van der Waals surface area (Å²) in [5.41, 5.74) is 2.88. The van der Waals surface area contributed by atoms with Crippen LogP contribution < -0.4 is 14.9 Å². The Kier molecular flexibility index (Phi) is 5.57. The largest absolute Gasteiger partial charge is 0.507 e. The van der Waals surface area contributed by atoms with E-state index < -0.39 is 11.5 Å². The first kappa shape index (κ1) is 22.3. The second-order valence-electron chi connectivity index (χ2n) is 8.56. The molecule has 3 aromatic rings. The molecule has 1 aliphatic heterocycles. The normalized spacial score (nSPS) is 14.2. The Labute approximate surface area is 190 Å². The lowest BCUT2D eigenvalue weighted by molar-refractivity contribution is 0.243. The topological polar surface area (TPSA) is 109 Å². The summed E-state index contributed by atoms with van der Waals surface area (Å²) in [6.45, 7) is 7.66. The van der Waals surface area contributed by atoms with Crippen LogP contribution >= 0.6 is 0 Å². The first-order valence-corrected chi connectivity index (χ1v) is 10.5. The standard InChI is InChI=1S/C26H26O7/c1-12(2)6-7-14-19(31-5)11-18(29)22-24(30)23-21(8-13(3)4)32-20-10-17(28)16(27)9-15(20)26(23)33-25(14)22/h6,8-11,21,27-29H,7H2,1-5H3/t21-/m1/s1. The summed E-state index contributed by atoms with van der Waals surface area (Å²) in [4.78, 5) is 13.7. The third-order valence-electron chi connectivity index (χ3n) is 5.52. The third kappa shape index (κ3) is 3.80. The number of phenols is 3. The van der Waals surface area contributed by atoms with Gasteiger partial charge in [-0.1, -0.05) is 17.2 Å². The van der Waals surface area contributed by atoms with Crippen molar-refractivity contribution in [2.75, 3.05) is 7.11 Å². The number of methoxy groups -OCH3 is 1. The zero-order valence-corrected chi connectivity index (χ0v) is 19.1. The summed E-state index contributed by atoms with van der Waals surface area (Å²) in [5.74, 6) is -0.111. The van der Waals surface area contributed by atoms with Gasteiger partial charge in [-0.25, -0.2) is 0 Å². The summed E-state index contributed by atoms with van der Waals surface area (Å²) in [6, 6.07) is 4.00. The Bertz CT molecular complexity index is 1380. The van der Waals surface area contributed by atoms with Crippen LogP contribution in [-0.2, 0) is 6.42 Å². The van der Waals surface area contributed by atoms with Gasteiger partial charge in [0.15, 0.2) is 11.5 Å². The number of phenolic OH excluding ortho intramolecular Hbond substituents is 3. The number of rotatable bonds is 4. The van der Waals surface area contributed by atoms with E-state index in [1.54, 1.807) is 6.08 Å². The molecule has 33 heavy (non-hydrogen) atoms. The highest BCUT2D eigenvalue weighted by atomic mass is 16.5. The van der Waals surface area contributed by atoms with Crippen molar-refractivity contribution in [2.24, 2.45) is 0 Å². The van der Waals surface area contributed by atoms with Gasteiger partial charge in [-0.15, -0.1) is 0 Å². The second-order valence-corrected chi connectivity index (χ2v) is 8.56. The molecule has 0 bridgehead atoms. The fraction of sp³-hybridized carbons (Fsp3) is 0.269. The number of allylic oxidation sites excluding steroid dienone is 3. The number of ether oxygens (including phenoxy) is 2. The van der Waals surface area contributed by atoms with E-state index in [1.807, 2.05) is 33.8 Å². The van der Waals surface area contributed by atoms with E-state index >= 15 is 0 Å². The molecule has 7 heteroatoms. The quantitative estimate of drug-likeness (QED) is 0.356.